The molecule has 4 aromatic rings. The van der Waals surface area contributed by atoms with Gasteiger partial charge in [0.25, 0.3) is 5.91 Å². The minimum atomic E-state index is -0.0234. The van der Waals surface area contributed by atoms with Crippen molar-refractivity contribution < 1.29 is 4.79 Å². The maximum atomic E-state index is 12.7. The third-order valence-electron chi connectivity index (χ3n) is 4.90. The topological polar surface area (TPSA) is 46.9 Å². The minimum absolute atomic E-state index is 0.0234. The fourth-order valence-electron chi connectivity index (χ4n) is 3.36. The number of benzene rings is 3. The Kier molecular flexibility index (Phi) is 5.81. The Morgan fingerprint density at radius 3 is 2.34 bits per heavy atom. The second kappa shape index (κ2) is 9.02. The monoisotopic (exact) mass is 381 g/mol. The van der Waals surface area contributed by atoms with Crippen molar-refractivity contribution in [3.8, 4) is 5.69 Å². The summed E-state index contributed by atoms with van der Waals surface area (Å²) in [6, 6.07) is 28.2. The van der Waals surface area contributed by atoms with E-state index in [-0.39, 0.29) is 5.91 Å². The lowest BCUT2D eigenvalue weighted by Crippen LogP contribution is -2.26. The number of rotatable bonds is 7. The number of nitrogens with zero attached hydrogens (tertiary/aromatic N) is 2. The molecule has 0 spiro atoms. The van der Waals surface area contributed by atoms with Crippen LogP contribution in [0.4, 0.5) is 0 Å². The van der Waals surface area contributed by atoms with Crippen LogP contribution in [-0.2, 0) is 12.8 Å². The summed E-state index contributed by atoms with van der Waals surface area (Å²) >= 11 is 0. The van der Waals surface area contributed by atoms with E-state index in [4.69, 9.17) is 0 Å². The lowest BCUT2D eigenvalue weighted by molar-refractivity contribution is 0.0953. The van der Waals surface area contributed by atoms with Crippen LogP contribution in [0.3, 0.4) is 0 Å². The van der Waals surface area contributed by atoms with E-state index < -0.39 is 0 Å². The highest BCUT2D eigenvalue weighted by molar-refractivity contribution is 5.95. The van der Waals surface area contributed by atoms with E-state index in [2.05, 4.69) is 34.7 Å². The number of carbonyl (C=O) groups excluding carboxylic acids is 1. The molecule has 1 heterocycles. The van der Waals surface area contributed by atoms with Crippen LogP contribution >= 0.6 is 0 Å². The largest absolute Gasteiger partial charge is 0.352 e. The van der Waals surface area contributed by atoms with E-state index in [1.165, 1.54) is 11.1 Å². The van der Waals surface area contributed by atoms with Crippen molar-refractivity contribution in [1.29, 1.82) is 0 Å². The summed E-state index contributed by atoms with van der Waals surface area (Å²) in [6.07, 6.45) is 5.21. The minimum Gasteiger partial charge on any atom is -0.352 e. The Labute approximate surface area is 170 Å². The number of nitrogens with one attached hydrogen (secondary N) is 1. The molecule has 0 unspecified atom stereocenters. The second-order valence-electron chi connectivity index (χ2n) is 6.94. The molecule has 144 valence electrons. The first-order valence-electron chi connectivity index (χ1n) is 9.78. The molecule has 0 aliphatic carbocycles. The average Bonchev–Trinajstić information content (AvgIpc) is 3.30. The lowest BCUT2D eigenvalue weighted by atomic mass is 9.99. The molecule has 0 radical (unpaired) electrons. The van der Waals surface area contributed by atoms with Crippen LogP contribution < -0.4 is 5.32 Å². The molecule has 4 heteroatoms. The van der Waals surface area contributed by atoms with E-state index in [0.717, 1.165) is 29.7 Å². The molecule has 0 aliphatic rings. The molecule has 0 bridgehead atoms. The molecule has 1 aromatic heterocycles. The van der Waals surface area contributed by atoms with Gasteiger partial charge in [0.05, 0.1) is 5.69 Å². The average molecular weight is 381 g/mol. The zero-order valence-corrected chi connectivity index (χ0v) is 16.2. The molecule has 0 aliphatic heterocycles. The van der Waals surface area contributed by atoms with Crippen LogP contribution in [0, 0.1) is 0 Å². The summed E-state index contributed by atoms with van der Waals surface area (Å²) in [4.78, 5) is 12.7. The van der Waals surface area contributed by atoms with E-state index in [0.29, 0.717) is 6.54 Å². The van der Waals surface area contributed by atoms with Crippen LogP contribution in [0.15, 0.2) is 97.3 Å². The quantitative estimate of drug-likeness (QED) is 0.515. The van der Waals surface area contributed by atoms with Gasteiger partial charge in [-0.05, 0) is 53.8 Å². The molecule has 0 atom stereocenters. The predicted molar refractivity (Wildman–Crippen MR) is 115 cm³/mol. The second-order valence-corrected chi connectivity index (χ2v) is 6.94. The first-order chi connectivity index (χ1) is 14.3. The fourth-order valence-corrected chi connectivity index (χ4v) is 3.36. The zero-order chi connectivity index (χ0) is 19.9. The van der Waals surface area contributed by atoms with Crippen molar-refractivity contribution in [2.24, 2.45) is 0 Å². The van der Waals surface area contributed by atoms with Gasteiger partial charge in [-0.2, -0.15) is 5.10 Å². The van der Waals surface area contributed by atoms with Gasteiger partial charge in [-0.1, -0.05) is 60.7 Å². The molecule has 0 fully saturated rings. The molecule has 29 heavy (non-hydrogen) atoms. The highest BCUT2D eigenvalue weighted by Crippen LogP contribution is 2.15. The Morgan fingerprint density at radius 1 is 0.828 bits per heavy atom. The molecule has 1 amide bonds. The zero-order valence-electron chi connectivity index (χ0n) is 16.2. The van der Waals surface area contributed by atoms with Crippen molar-refractivity contribution in [2.75, 3.05) is 6.54 Å². The van der Waals surface area contributed by atoms with Gasteiger partial charge in [0, 0.05) is 24.5 Å². The molecule has 4 nitrogen and oxygen atoms in total. The molecular weight excluding hydrogens is 358 g/mol. The summed E-state index contributed by atoms with van der Waals surface area (Å²) in [5, 5.41) is 7.29. The number of hydrogen-bond donors (Lipinski definition) is 1. The van der Waals surface area contributed by atoms with Crippen LogP contribution in [0.2, 0.25) is 0 Å². The van der Waals surface area contributed by atoms with Crippen molar-refractivity contribution >= 4 is 5.91 Å². The third kappa shape index (κ3) is 4.79. The number of carbonyl (C=O) groups is 1. The van der Waals surface area contributed by atoms with Gasteiger partial charge in [-0.3, -0.25) is 4.79 Å². The molecule has 0 saturated heterocycles. The smallest absolute Gasteiger partial charge is 0.251 e. The Hall–Kier alpha value is -3.66. The Balaban J connectivity index is 1.35. The standard InChI is InChI=1S/C25H23N3O/c29-25(24-10-5-4-9-22(24)19-21-7-2-1-3-8-21)26-17-15-20-11-13-23(14-12-20)28-18-6-16-27-28/h1-14,16,18H,15,17,19H2,(H,26,29). The summed E-state index contributed by atoms with van der Waals surface area (Å²) in [7, 11) is 0. The summed E-state index contributed by atoms with van der Waals surface area (Å²) in [6.45, 7) is 0.597. The molecule has 3 aromatic carbocycles. The highest BCUT2D eigenvalue weighted by atomic mass is 16.1. The maximum Gasteiger partial charge on any atom is 0.251 e. The SMILES string of the molecule is O=C(NCCc1ccc(-n2cccn2)cc1)c1ccccc1Cc1ccccc1. The van der Waals surface area contributed by atoms with Crippen molar-refractivity contribution in [2.45, 2.75) is 12.8 Å². The van der Waals surface area contributed by atoms with Gasteiger partial charge < -0.3 is 5.32 Å². The first kappa shape index (κ1) is 18.7. The van der Waals surface area contributed by atoms with Crippen molar-refractivity contribution in [3.05, 3.63) is 120 Å². The molecular formula is C25H23N3O. The number of aromatic nitrogens is 2. The van der Waals surface area contributed by atoms with Crippen LogP contribution in [-0.4, -0.2) is 22.2 Å². The van der Waals surface area contributed by atoms with Crippen LogP contribution in [0.25, 0.3) is 5.69 Å². The van der Waals surface area contributed by atoms with E-state index in [9.17, 15) is 4.79 Å². The number of hydrogen-bond acceptors (Lipinski definition) is 2. The summed E-state index contributed by atoms with van der Waals surface area (Å²) in [5.74, 6) is -0.0234. The first-order valence-corrected chi connectivity index (χ1v) is 9.78. The third-order valence-corrected chi connectivity index (χ3v) is 4.90. The van der Waals surface area contributed by atoms with E-state index in [1.807, 2.05) is 71.5 Å². The van der Waals surface area contributed by atoms with Gasteiger partial charge in [0.2, 0.25) is 0 Å². The van der Waals surface area contributed by atoms with Crippen LogP contribution in [0.1, 0.15) is 27.0 Å². The van der Waals surface area contributed by atoms with Gasteiger partial charge in [0.1, 0.15) is 0 Å². The fraction of sp³-hybridized carbons (Fsp3) is 0.120. The van der Waals surface area contributed by atoms with Crippen molar-refractivity contribution in [1.82, 2.24) is 15.1 Å². The predicted octanol–water partition coefficient (Wildman–Crippen LogP) is 4.44. The number of amides is 1. The maximum absolute atomic E-state index is 12.7. The normalized spacial score (nSPS) is 10.6. The molecule has 1 N–H and O–H groups in total. The van der Waals surface area contributed by atoms with Gasteiger partial charge >= 0.3 is 0 Å². The highest BCUT2D eigenvalue weighted by Gasteiger charge is 2.11. The van der Waals surface area contributed by atoms with E-state index in [1.54, 1.807) is 6.20 Å². The van der Waals surface area contributed by atoms with Gasteiger partial charge in [-0.25, -0.2) is 4.68 Å². The van der Waals surface area contributed by atoms with Crippen molar-refractivity contribution in [3.63, 3.8) is 0 Å². The Morgan fingerprint density at radius 2 is 1.59 bits per heavy atom. The Bertz CT molecular complexity index is 1050. The summed E-state index contributed by atoms with van der Waals surface area (Å²) < 4.78 is 1.83. The molecule has 0 saturated carbocycles. The van der Waals surface area contributed by atoms with E-state index >= 15 is 0 Å². The lowest BCUT2D eigenvalue weighted by Gasteiger charge is -2.11. The van der Waals surface area contributed by atoms with Gasteiger partial charge in [0.15, 0.2) is 0 Å². The molecule has 4 rings (SSSR count). The van der Waals surface area contributed by atoms with Crippen LogP contribution in [0.5, 0.6) is 0 Å². The van der Waals surface area contributed by atoms with Gasteiger partial charge in [-0.15, -0.1) is 0 Å². The summed E-state index contributed by atoms with van der Waals surface area (Å²) in [5.41, 5.74) is 5.19.